The van der Waals surface area contributed by atoms with E-state index >= 15 is 0 Å². The molecule has 5 unspecified atom stereocenters. The smallest absolute Gasteiger partial charge is 0.234 e. The highest BCUT2D eigenvalue weighted by Gasteiger charge is 2.60. The van der Waals surface area contributed by atoms with Crippen LogP contribution in [0.25, 0.3) is 11.1 Å². The second-order valence-corrected chi connectivity index (χ2v) is 10.4. The van der Waals surface area contributed by atoms with Crippen molar-refractivity contribution in [2.24, 2.45) is 23.7 Å². The molecule has 182 valence electrons. The lowest BCUT2D eigenvalue weighted by atomic mass is 9.85. The van der Waals surface area contributed by atoms with Gasteiger partial charge in [0.05, 0.1) is 24.3 Å². The molecule has 3 aromatic carbocycles. The summed E-state index contributed by atoms with van der Waals surface area (Å²) in [5.74, 6) is -1.15. The SMILES string of the molecule is O=C(CC(c1ccccc1)N1C(=O)C2C3C=CC(C3)C2C1=O)Nc1ccc2c(c1)C(=O)c1ccccc1-2. The fourth-order valence-electron chi connectivity index (χ4n) is 6.76. The number of rotatable bonds is 5. The molecular weight excluding hydrogens is 464 g/mol. The summed E-state index contributed by atoms with van der Waals surface area (Å²) in [4.78, 5) is 54.6. The van der Waals surface area contributed by atoms with Gasteiger partial charge < -0.3 is 5.32 Å². The van der Waals surface area contributed by atoms with Crippen LogP contribution in [0.2, 0.25) is 0 Å². The molecule has 3 aliphatic carbocycles. The summed E-state index contributed by atoms with van der Waals surface area (Å²) in [6, 6.07) is 21.4. The molecule has 1 saturated carbocycles. The molecule has 7 rings (SSSR count). The zero-order chi connectivity index (χ0) is 25.3. The van der Waals surface area contributed by atoms with Gasteiger partial charge in [0.15, 0.2) is 5.78 Å². The van der Waals surface area contributed by atoms with Crippen molar-refractivity contribution in [3.05, 3.63) is 102 Å². The van der Waals surface area contributed by atoms with Gasteiger partial charge in [-0.05, 0) is 47.1 Å². The van der Waals surface area contributed by atoms with Gasteiger partial charge in [0, 0.05) is 16.8 Å². The zero-order valence-electron chi connectivity index (χ0n) is 20.0. The Morgan fingerprint density at radius 2 is 1.41 bits per heavy atom. The van der Waals surface area contributed by atoms with Crippen LogP contribution in [0.15, 0.2) is 84.9 Å². The van der Waals surface area contributed by atoms with Crippen molar-refractivity contribution in [1.29, 1.82) is 0 Å². The van der Waals surface area contributed by atoms with Crippen molar-refractivity contribution < 1.29 is 19.2 Å². The number of nitrogens with one attached hydrogen (secondary N) is 1. The molecule has 0 aromatic heterocycles. The molecular formula is C31H24N2O4. The van der Waals surface area contributed by atoms with E-state index in [0.29, 0.717) is 16.8 Å². The minimum absolute atomic E-state index is 0.0606. The van der Waals surface area contributed by atoms with Crippen molar-refractivity contribution in [3.8, 4) is 11.1 Å². The molecule has 4 aliphatic rings. The predicted molar refractivity (Wildman–Crippen MR) is 137 cm³/mol. The van der Waals surface area contributed by atoms with Gasteiger partial charge in [0.2, 0.25) is 17.7 Å². The number of anilines is 1. The Bertz CT molecular complexity index is 1500. The van der Waals surface area contributed by atoms with Gasteiger partial charge >= 0.3 is 0 Å². The first-order chi connectivity index (χ1) is 18.0. The van der Waals surface area contributed by atoms with Crippen LogP contribution in [-0.4, -0.2) is 28.4 Å². The first-order valence-electron chi connectivity index (χ1n) is 12.7. The monoisotopic (exact) mass is 488 g/mol. The predicted octanol–water partition coefficient (Wildman–Crippen LogP) is 4.78. The fraction of sp³-hybridized carbons (Fsp3) is 0.226. The van der Waals surface area contributed by atoms with E-state index in [2.05, 4.69) is 17.5 Å². The van der Waals surface area contributed by atoms with Crippen LogP contribution < -0.4 is 5.32 Å². The lowest BCUT2D eigenvalue weighted by Gasteiger charge is -2.28. The third-order valence-corrected chi connectivity index (χ3v) is 8.39. The van der Waals surface area contributed by atoms with Gasteiger partial charge in [-0.2, -0.15) is 0 Å². The molecule has 3 aromatic rings. The Morgan fingerprint density at radius 3 is 2.11 bits per heavy atom. The molecule has 5 atom stereocenters. The standard InChI is InChI=1S/C31H24N2O4/c34-26(32-20-12-13-22-21-8-4-5-9-23(21)29(35)24(22)15-20)16-25(17-6-2-1-3-7-17)33-30(36)27-18-10-11-19(14-18)28(27)31(33)37/h1-13,15,18-19,25,27-28H,14,16H2,(H,32,34). The Kier molecular flexibility index (Phi) is 4.80. The quantitative estimate of drug-likeness (QED) is 0.324. The number of likely N-dealkylation sites (tertiary alicyclic amines) is 1. The summed E-state index contributed by atoms with van der Waals surface area (Å²) in [6.07, 6.45) is 4.93. The summed E-state index contributed by atoms with van der Waals surface area (Å²) < 4.78 is 0. The van der Waals surface area contributed by atoms with Crippen LogP contribution in [0, 0.1) is 23.7 Å². The largest absolute Gasteiger partial charge is 0.326 e. The number of benzene rings is 3. The van der Waals surface area contributed by atoms with E-state index in [4.69, 9.17) is 0 Å². The van der Waals surface area contributed by atoms with Gasteiger partial charge in [-0.25, -0.2) is 0 Å². The molecule has 2 fully saturated rings. The molecule has 1 saturated heterocycles. The van der Waals surface area contributed by atoms with E-state index < -0.39 is 6.04 Å². The second-order valence-electron chi connectivity index (χ2n) is 10.4. The van der Waals surface area contributed by atoms with Crippen molar-refractivity contribution in [2.45, 2.75) is 18.9 Å². The van der Waals surface area contributed by atoms with Crippen molar-refractivity contribution >= 4 is 29.2 Å². The van der Waals surface area contributed by atoms with Crippen LogP contribution in [0.3, 0.4) is 0 Å². The third kappa shape index (κ3) is 3.25. The summed E-state index contributed by atoms with van der Waals surface area (Å²) in [6.45, 7) is 0. The Morgan fingerprint density at radius 1 is 0.784 bits per heavy atom. The number of ketones is 1. The van der Waals surface area contributed by atoms with Crippen LogP contribution in [-0.2, 0) is 14.4 Å². The van der Waals surface area contributed by atoms with E-state index in [0.717, 1.165) is 23.1 Å². The highest BCUT2D eigenvalue weighted by molar-refractivity contribution is 6.22. The molecule has 6 nitrogen and oxygen atoms in total. The summed E-state index contributed by atoms with van der Waals surface area (Å²) in [5.41, 5.74) is 4.21. The van der Waals surface area contributed by atoms with Crippen molar-refractivity contribution in [2.75, 3.05) is 5.32 Å². The minimum Gasteiger partial charge on any atom is -0.326 e. The first kappa shape index (κ1) is 21.9. The number of imide groups is 1. The molecule has 0 spiro atoms. The summed E-state index contributed by atoms with van der Waals surface area (Å²) in [7, 11) is 0. The molecule has 6 heteroatoms. The lowest BCUT2D eigenvalue weighted by Crippen LogP contribution is -2.38. The lowest BCUT2D eigenvalue weighted by molar-refractivity contribution is -0.144. The number of fused-ring (bicyclic) bond motifs is 8. The van der Waals surface area contributed by atoms with Crippen molar-refractivity contribution in [1.82, 2.24) is 4.90 Å². The fourth-order valence-corrected chi connectivity index (χ4v) is 6.76. The summed E-state index contributed by atoms with van der Waals surface area (Å²) >= 11 is 0. The second kappa shape index (κ2) is 8.10. The van der Waals surface area contributed by atoms with Gasteiger partial charge in [-0.1, -0.05) is 72.8 Å². The maximum absolute atomic E-state index is 13.5. The van der Waals surface area contributed by atoms with Gasteiger partial charge in [-0.3, -0.25) is 24.1 Å². The molecule has 1 heterocycles. The molecule has 1 aliphatic heterocycles. The average Bonchev–Trinajstić information content (AvgIpc) is 3.66. The molecule has 1 N–H and O–H groups in total. The maximum Gasteiger partial charge on any atom is 0.234 e. The molecule has 3 amide bonds. The van der Waals surface area contributed by atoms with Gasteiger partial charge in [-0.15, -0.1) is 0 Å². The van der Waals surface area contributed by atoms with E-state index in [9.17, 15) is 19.2 Å². The third-order valence-electron chi connectivity index (χ3n) is 8.39. The number of nitrogens with zero attached hydrogens (tertiary/aromatic N) is 1. The topological polar surface area (TPSA) is 83.6 Å². The normalized spacial score (nSPS) is 25.3. The molecule has 37 heavy (non-hydrogen) atoms. The van der Waals surface area contributed by atoms with E-state index in [1.54, 1.807) is 12.1 Å². The van der Waals surface area contributed by atoms with Crippen LogP contribution in [0.4, 0.5) is 5.69 Å². The zero-order valence-corrected chi connectivity index (χ0v) is 20.0. The van der Waals surface area contributed by atoms with Crippen LogP contribution in [0.1, 0.15) is 40.4 Å². The van der Waals surface area contributed by atoms with Crippen LogP contribution >= 0.6 is 0 Å². The Hall–Kier alpha value is -4.32. The number of carbonyl (C=O) groups is 4. The van der Waals surface area contributed by atoms with E-state index in [1.807, 2.05) is 60.7 Å². The number of hydrogen-bond donors (Lipinski definition) is 1. The first-order valence-corrected chi connectivity index (χ1v) is 12.7. The maximum atomic E-state index is 13.5. The number of carbonyl (C=O) groups excluding carboxylic acids is 4. The molecule has 0 radical (unpaired) electrons. The Labute approximate surface area is 214 Å². The molecule has 2 bridgehead atoms. The van der Waals surface area contributed by atoms with Crippen molar-refractivity contribution in [3.63, 3.8) is 0 Å². The van der Waals surface area contributed by atoms with Gasteiger partial charge in [0.25, 0.3) is 0 Å². The van der Waals surface area contributed by atoms with Crippen LogP contribution in [0.5, 0.6) is 0 Å². The number of amides is 3. The number of allylic oxidation sites excluding steroid dienone is 2. The highest BCUT2D eigenvalue weighted by Crippen LogP contribution is 2.54. The van der Waals surface area contributed by atoms with Gasteiger partial charge in [0.1, 0.15) is 0 Å². The number of hydrogen-bond acceptors (Lipinski definition) is 4. The highest BCUT2D eigenvalue weighted by atomic mass is 16.2. The van der Waals surface area contributed by atoms with E-state index in [1.165, 1.54) is 4.90 Å². The Balaban J connectivity index is 1.15. The van der Waals surface area contributed by atoms with E-state index in [-0.39, 0.29) is 53.6 Å². The average molecular weight is 489 g/mol. The minimum atomic E-state index is -0.688. The summed E-state index contributed by atoms with van der Waals surface area (Å²) in [5, 5.41) is 2.90.